The summed E-state index contributed by atoms with van der Waals surface area (Å²) >= 11 is 0. The van der Waals surface area contributed by atoms with Crippen molar-refractivity contribution in [2.45, 2.75) is 32.7 Å². The largest absolute Gasteiger partial charge is 0.450 e. The molecule has 0 bridgehead atoms. The number of rotatable bonds is 3. The normalized spacial score (nSPS) is 16.2. The van der Waals surface area contributed by atoms with Gasteiger partial charge in [-0.05, 0) is 26.7 Å². The number of nitrogens with zero attached hydrogens (tertiary/aromatic N) is 1. The molecule has 1 fully saturated rings. The Morgan fingerprint density at radius 2 is 2.18 bits per heavy atom. The Labute approximate surface area is 67.3 Å². The van der Waals surface area contributed by atoms with Crippen molar-refractivity contribution < 1.29 is 9.53 Å². The van der Waals surface area contributed by atoms with Crippen LogP contribution in [0.5, 0.6) is 0 Å². The van der Waals surface area contributed by atoms with E-state index >= 15 is 0 Å². The van der Waals surface area contributed by atoms with E-state index < -0.39 is 0 Å². The summed E-state index contributed by atoms with van der Waals surface area (Å²) in [6, 6.07) is 0.471. The predicted octanol–water partition coefficient (Wildman–Crippen LogP) is 1.63. The first-order valence-electron chi connectivity index (χ1n) is 4.23. The van der Waals surface area contributed by atoms with Gasteiger partial charge in [-0.15, -0.1) is 0 Å². The van der Waals surface area contributed by atoms with Crippen LogP contribution in [0.2, 0.25) is 0 Å². The van der Waals surface area contributed by atoms with Crippen LogP contribution in [-0.4, -0.2) is 30.2 Å². The fourth-order valence-corrected chi connectivity index (χ4v) is 1.13. The maximum Gasteiger partial charge on any atom is 0.409 e. The molecule has 1 amide bonds. The summed E-state index contributed by atoms with van der Waals surface area (Å²) in [4.78, 5) is 13.0. The van der Waals surface area contributed by atoms with E-state index in [-0.39, 0.29) is 6.09 Å². The summed E-state index contributed by atoms with van der Waals surface area (Å²) in [6.07, 6.45) is 2.14. The van der Waals surface area contributed by atoms with Crippen LogP contribution in [-0.2, 0) is 4.74 Å². The molecule has 0 heterocycles. The molecule has 3 heteroatoms. The van der Waals surface area contributed by atoms with Crippen molar-refractivity contribution in [3.63, 3.8) is 0 Å². The van der Waals surface area contributed by atoms with Crippen LogP contribution in [0.15, 0.2) is 0 Å². The van der Waals surface area contributed by atoms with E-state index in [0.29, 0.717) is 12.6 Å². The van der Waals surface area contributed by atoms with Crippen LogP contribution < -0.4 is 0 Å². The quantitative estimate of drug-likeness (QED) is 0.623. The average molecular weight is 157 g/mol. The van der Waals surface area contributed by atoms with Gasteiger partial charge in [0.1, 0.15) is 0 Å². The van der Waals surface area contributed by atoms with Crippen LogP contribution in [0, 0.1) is 0 Å². The summed E-state index contributed by atoms with van der Waals surface area (Å²) < 4.78 is 4.88. The number of amides is 1. The zero-order chi connectivity index (χ0) is 8.27. The third-order valence-electron chi connectivity index (χ3n) is 1.83. The Balaban J connectivity index is 2.33. The lowest BCUT2D eigenvalue weighted by Gasteiger charge is -2.18. The molecule has 0 aromatic carbocycles. The molecule has 0 saturated heterocycles. The fourth-order valence-electron chi connectivity index (χ4n) is 1.13. The summed E-state index contributed by atoms with van der Waals surface area (Å²) in [5.41, 5.74) is 0. The van der Waals surface area contributed by atoms with Gasteiger partial charge < -0.3 is 9.64 Å². The first-order chi connectivity index (χ1) is 5.29. The van der Waals surface area contributed by atoms with Crippen molar-refractivity contribution >= 4 is 6.09 Å². The third-order valence-corrected chi connectivity index (χ3v) is 1.83. The molecule has 0 unspecified atom stereocenters. The molecule has 1 rings (SSSR count). The van der Waals surface area contributed by atoms with E-state index in [0.717, 1.165) is 19.4 Å². The molecule has 11 heavy (non-hydrogen) atoms. The minimum absolute atomic E-state index is 0.155. The second-order valence-corrected chi connectivity index (χ2v) is 2.72. The van der Waals surface area contributed by atoms with E-state index in [9.17, 15) is 4.79 Å². The van der Waals surface area contributed by atoms with E-state index in [1.807, 2.05) is 13.8 Å². The van der Waals surface area contributed by atoms with Gasteiger partial charge in [0, 0.05) is 12.6 Å². The van der Waals surface area contributed by atoms with Gasteiger partial charge in [0.05, 0.1) is 6.61 Å². The molecule has 1 aliphatic rings. The summed E-state index contributed by atoms with van der Waals surface area (Å²) in [7, 11) is 0. The van der Waals surface area contributed by atoms with Crippen LogP contribution in [0.25, 0.3) is 0 Å². The molecule has 0 atom stereocenters. The molecule has 0 aromatic heterocycles. The minimum Gasteiger partial charge on any atom is -0.450 e. The number of ether oxygens (including phenoxy) is 1. The molecule has 0 aliphatic heterocycles. The minimum atomic E-state index is -0.155. The number of hydrogen-bond acceptors (Lipinski definition) is 2. The molecule has 64 valence electrons. The van der Waals surface area contributed by atoms with Gasteiger partial charge in [0.15, 0.2) is 0 Å². The lowest BCUT2D eigenvalue weighted by molar-refractivity contribution is 0.106. The summed E-state index contributed by atoms with van der Waals surface area (Å²) in [5.74, 6) is 0. The molecule has 0 radical (unpaired) electrons. The van der Waals surface area contributed by atoms with E-state index in [4.69, 9.17) is 4.74 Å². The number of carbonyl (C=O) groups excluding carboxylic acids is 1. The Morgan fingerprint density at radius 3 is 2.55 bits per heavy atom. The highest BCUT2D eigenvalue weighted by atomic mass is 16.6. The number of hydrogen-bond donors (Lipinski definition) is 0. The van der Waals surface area contributed by atoms with Crippen molar-refractivity contribution in [1.29, 1.82) is 0 Å². The Hall–Kier alpha value is -0.730. The average Bonchev–Trinajstić information content (AvgIpc) is 2.73. The summed E-state index contributed by atoms with van der Waals surface area (Å²) in [6.45, 7) is 5.05. The van der Waals surface area contributed by atoms with Crippen molar-refractivity contribution in [3.05, 3.63) is 0 Å². The Morgan fingerprint density at radius 1 is 1.55 bits per heavy atom. The molecule has 0 N–H and O–H groups in total. The van der Waals surface area contributed by atoms with E-state index in [1.165, 1.54) is 0 Å². The Kier molecular flexibility index (Phi) is 2.74. The molecular weight excluding hydrogens is 142 g/mol. The van der Waals surface area contributed by atoms with Crippen LogP contribution in [0.4, 0.5) is 4.79 Å². The van der Waals surface area contributed by atoms with Crippen molar-refractivity contribution in [3.8, 4) is 0 Å². The molecule has 1 saturated carbocycles. The highest BCUT2D eigenvalue weighted by Crippen LogP contribution is 2.26. The Bertz CT molecular complexity index is 143. The van der Waals surface area contributed by atoms with Gasteiger partial charge in [-0.1, -0.05) is 0 Å². The van der Waals surface area contributed by atoms with Gasteiger partial charge >= 0.3 is 6.09 Å². The van der Waals surface area contributed by atoms with Gasteiger partial charge in [-0.25, -0.2) is 4.79 Å². The molecule has 0 spiro atoms. The molecule has 3 nitrogen and oxygen atoms in total. The van der Waals surface area contributed by atoms with Crippen molar-refractivity contribution in [2.24, 2.45) is 0 Å². The lowest BCUT2D eigenvalue weighted by atomic mass is 10.5. The third kappa shape index (κ3) is 2.10. The number of carbonyl (C=O) groups is 1. The van der Waals surface area contributed by atoms with Crippen molar-refractivity contribution in [2.75, 3.05) is 13.2 Å². The second kappa shape index (κ2) is 3.60. The molecule has 0 aromatic rings. The maximum absolute atomic E-state index is 11.2. The van der Waals surface area contributed by atoms with Gasteiger partial charge in [-0.2, -0.15) is 0 Å². The first kappa shape index (κ1) is 8.37. The summed E-state index contributed by atoms with van der Waals surface area (Å²) in [5, 5.41) is 0. The zero-order valence-corrected chi connectivity index (χ0v) is 7.17. The topological polar surface area (TPSA) is 29.5 Å². The van der Waals surface area contributed by atoms with E-state index in [2.05, 4.69) is 0 Å². The molecular formula is C8H15NO2. The van der Waals surface area contributed by atoms with E-state index in [1.54, 1.807) is 4.90 Å². The fraction of sp³-hybridized carbons (Fsp3) is 0.875. The molecule has 1 aliphatic carbocycles. The second-order valence-electron chi connectivity index (χ2n) is 2.72. The smallest absolute Gasteiger partial charge is 0.409 e. The first-order valence-corrected chi connectivity index (χ1v) is 4.23. The highest BCUT2D eigenvalue weighted by molar-refractivity contribution is 5.68. The standard InChI is InChI=1S/C8H15NO2/c1-3-9(7-5-6-7)8(10)11-4-2/h7H,3-6H2,1-2H3. The van der Waals surface area contributed by atoms with Gasteiger partial charge in [0.2, 0.25) is 0 Å². The predicted molar refractivity (Wildman–Crippen MR) is 42.4 cm³/mol. The van der Waals surface area contributed by atoms with Crippen LogP contribution >= 0.6 is 0 Å². The van der Waals surface area contributed by atoms with Gasteiger partial charge in [0.25, 0.3) is 0 Å². The van der Waals surface area contributed by atoms with Crippen molar-refractivity contribution in [1.82, 2.24) is 4.90 Å². The maximum atomic E-state index is 11.2. The SMILES string of the molecule is CCOC(=O)N(CC)C1CC1. The van der Waals surface area contributed by atoms with Crippen LogP contribution in [0.1, 0.15) is 26.7 Å². The lowest BCUT2D eigenvalue weighted by Crippen LogP contribution is -2.33. The highest BCUT2D eigenvalue weighted by Gasteiger charge is 2.31. The van der Waals surface area contributed by atoms with Crippen LogP contribution in [0.3, 0.4) is 0 Å². The monoisotopic (exact) mass is 157 g/mol. The van der Waals surface area contributed by atoms with Gasteiger partial charge in [-0.3, -0.25) is 0 Å². The zero-order valence-electron chi connectivity index (χ0n) is 7.17.